The summed E-state index contributed by atoms with van der Waals surface area (Å²) in [5.41, 5.74) is -0.134. The number of aromatic amines is 1. The number of amides is 1. The summed E-state index contributed by atoms with van der Waals surface area (Å²) in [6.07, 6.45) is -3.33. The molecule has 1 aliphatic heterocycles. The smallest absolute Gasteiger partial charge is 0.451 e. The highest BCUT2D eigenvalue weighted by Gasteiger charge is 2.40. The van der Waals surface area contributed by atoms with Crippen LogP contribution in [0.25, 0.3) is 10.9 Å². The molecule has 0 atom stereocenters. The molecule has 0 unspecified atom stereocenters. The van der Waals surface area contributed by atoms with Crippen molar-refractivity contribution in [1.29, 1.82) is 0 Å². The molecule has 0 saturated carbocycles. The van der Waals surface area contributed by atoms with Gasteiger partial charge in [-0.15, -0.1) is 10.2 Å². The summed E-state index contributed by atoms with van der Waals surface area (Å²) in [4.78, 5) is 29.8. The van der Waals surface area contributed by atoms with Crippen molar-refractivity contribution < 1.29 is 22.7 Å². The predicted molar refractivity (Wildman–Crippen MR) is 90.9 cm³/mol. The Balaban J connectivity index is 1.67. The van der Waals surface area contributed by atoms with E-state index in [0.717, 1.165) is 4.57 Å². The van der Waals surface area contributed by atoms with E-state index in [4.69, 9.17) is 4.74 Å². The number of halogens is 3. The monoisotopic (exact) mass is 393 g/mol. The summed E-state index contributed by atoms with van der Waals surface area (Å²) in [6, 6.07) is 4.87. The molecular formula is C17H14F3N5O3. The van der Waals surface area contributed by atoms with Gasteiger partial charge in [-0.2, -0.15) is 13.2 Å². The number of alkyl halides is 3. The molecule has 1 N–H and O–H groups in total. The van der Waals surface area contributed by atoms with Crippen molar-refractivity contribution in [3.8, 4) is 5.75 Å². The van der Waals surface area contributed by atoms with Crippen molar-refractivity contribution in [2.24, 2.45) is 0 Å². The Kier molecular flexibility index (Phi) is 4.09. The normalized spacial score (nSPS) is 14.2. The van der Waals surface area contributed by atoms with Gasteiger partial charge >= 0.3 is 6.18 Å². The van der Waals surface area contributed by atoms with Crippen LogP contribution in [0.2, 0.25) is 0 Å². The lowest BCUT2D eigenvalue weighted by molar-refractivity contribution is -0.147. The van der Waals surface area contributed by atoms with Gasteiger partial charge in [0.15, 0.2) is 5.82 Å². The molecule has 1 aromatic carbocycles. The molecule has 1 aliphatic rings. The zero-order valence-corrected chi connectivity index (χ0v) is 14.6. The van der Waals surface area contributed by atoms with E-state index in [9.17, 15) is 22.8 Å². The van der Waals surface area contributed by atoms with E-state index in [0.29, 0.717) is 11.3 Å². The number of nitrogens with zero attached hydrogens (tertiary/aromatic N) is 4. The number of nitrogens with one attached hydrogen (secondary N) is 1. The second-order valence-electron chi connectivity index (χ2n) is 6.23. The Hall–Kier alpha value is -3.37. The van der Waals surface area contributed by atoms with Gasteiger partial charge in [0.05, 0.1) is 24.6 Å². The topological polar surface area (TPSA) is 93.1 Å². The number of carbonyl (C=O) groups excluding carboxylic acids is 1. The number of hydrogen-bond acceptors (Lipinski definition) is 5. The number of benzene rings is 1. The van der Waals surface area contributed by atoms with E-state index < -0.39 is 23.3 Å². The van der Waals surface area contributed by atoms with E-state index in [2.05, 4.69) is 15.2 Å². The van der Waals surface area contributed by atoms with Gasteiger partial charge in [-0.3, -0.25) is 9.59 Å². The van der Waals surface area contributed by atoms with Crippen LogP contribution >= 0.6 is 0 Å². The minimum Gasteiger partial charge on any atom is -0.495 e. The first-order valence-corrected chi connectivity index (χ1v) is 8.28. The molecule has 146 valence electrons. The molecule has 3 aromatic rings. The average Bonchev–Trinajstić information content (AvgIpc) is 3.11. The van der Waals surface area contributed by atoms with Gasteiger partial charge in [0.1, 0.15) is 11.3 Å². The van der Waals surface area contributed by atoms with Crippen LogP contribution in [0.15, 0.2) is 29.2 Å². The number of H-pyrrole nitrogens is 1. The van der Waals surface area contributed by atoms with Gasteiger partial charge in [0, 0.05) is 19.3 Å². The highest BCUT2D eigenvalue weighted by molar-refractivity contribution is 5.98. The minimum absolute atomic E-state index is 0.00252. The van der Waals surface area contributed by atoms with Crippen molar-refractivity contribution >= 4 is 16.8 Å². The quantitative estimate of drug-likeness (QED) is 0.717. The number of carbonyl (C=O) groups is 1. The first-order valence-electron chi connectivity index (χ1n) is 8.28. The number of methoxy groups -OCH3 is 1. The van der Waals surface area contributed by atoms with Crippen molar-refractivity contribution in [2.45, 2.75) is 19.3 Å². The fourth-order valence-corrected chi connectivity index (χ4v) is 3.26. The third-order valence-electron chi connectivity index (χ3n) is 4.62. The van der Waals surface area contributed by atoms with E-state index in [-0.39, 0.29) is 36.4 Å². The second kappa shape index (κ2) is 6.36. The van der Waals surface area contributed by atoms with Gasteiger partial charge in [-0.25, -0.2) is 0 Å². The van der Waals surface area contributed by atoms with E-state index in [1.54, 1.807) is 18.2 Å². The number of pyridine rings is 1. The SMILES string of the molecule is COc1cccc2c(=O)c(C(=O)N3CCn4c(nnc4C(F)(F)F)C3)c[nH]c12. The Morgan fingerprint density at radius 2 is 2.04 bits per heavy atom. The van der Waals surface area contributed by atoms with Crippen molar-refractivity contribution in [3.63, 3.8) is 0 Å². The van der Waals surface area contributed by atoms with Crippen molar-refractivity contribution in [2.75, 3.05) is 13.7 Å². The Bertz CT molecular complexity index is 1140. The molecule has 4 rings (SSSR count). The van der Waals surface area contributed by atoms with Gasteiger partial charge in [0.2, 0.25) is 11.3 Å². The molecule has 11 heteroatoms. The van der Waals surface area contributed by atoms with Crippen LogP contribution in [-0.2, 0) is 19.3 Å². The molecule has 8 nitrogen and oxygen atoms in total. The number of fused-ring (bicyclic) bond motifs is 2. The third-order valence-corrected chi connectivity index (χ3v) is 4.62. The number of rotatable bonds is 2. The van der Waals surface area contributed by atoms with Crippen LogP contribution in [0.5, 0.6) is 5.75 Å². The first-order chi connectivity index (χ1) is 13.3. The van der Waals surface area contributed by atoms with E-state index >= 15 is 0 Å². The van der Waals surface area contributed by atoms with Crippen LogP contribution in [-0.4, -0.2) is 44.2 Å². The Labute approximate surface area is 155 Å². The molecule has 0 bridgehead atoms. The fraction of sp³-hybridized carbons (Fsp3) is 0.294. The molecule has 0 saturated heterocycles. The van der Waals surface area contributed by atoms with Crippen LogP contribution in [0.3, 0.4) is 0 Å². The lowest BCUT2D eigenvalue weighted by Gasteiger charge is -2.28. The molecule has 0 radical (unpaired) electrons. The average molecular weight is 393 g/mol. The van der Waals surface area contributed by atoms with Crippen LogP contribution in [0, 0.1) is 0 Å². The molecular weight excluding hydrogens is 379 g/mol. The van der Waals surface area contributed by atoms with Crippen LogP contribution in [0.4, 0.5) is 13.2 Å². The first kappa shape index (κ1) is 18.0. The fourth-order valence-electron chi connectivity index (χ4n) is 3.26. The van der Waals surface area contributed by atoms with Crippen molar-refractivity contribution in [3.05, 3.63) is 51.8 Å². The summed E-state index contributed by atoms with van der Waals surface area (Å²) < 4.78 is 44.9. The standard InChI is InChI=1S/C17H14F3N5O3/c1-28-11-4-2-3-9-13(11)21-7-10(14(9)26)15(27)24-5-6-25-12(8-24)22-23-16(25)17(18,19)20/h2-4,7H,5-6,8H2,1H3,(H,21,26). The number of aromatic nitrogens is 4. The van der Waals surface area contributed by atoms with Gasteiger partial charge in [0.25, 0.3) is 5.91 Å². The summed E-state index contributed by atoms with van der Waals surface area (Å²) in [7, 11) is 1.46. The predicted octanol–water partition coefficient (Wildman–Crippen LogP) is 1.80. The molecule has 1 amide bonds. The lowest BCUT2D eigenvalue weighted by Crippen LogP contribution is -2.41. The minimum atomic E-state index is -4.62. The Morgan fingerprint density at radius 1 is 1.25 bits per heavy atom. The summed E-state index contributed by atoms with van der Waals surface area (Å²) in [5, 5.41) is 7.00. The largest absolute Gasteiger partial charge is 0.495 e. The third kappa shape index (κ3) is 2.79. The lowest BCUT2D eigenvalue weighted by atomic mass is 10.1. The van der Waals surface area contributed by atoms with Gasteiger partial charge < -0.3 is 19.2 Å². The van der Waals surface area contributed by atoms with Gasteiger partial charge in [-0.1, -0.05) is 6.07 Å². The summed E-state index contributed by atoms with van der Waals surface area (Å²) in [5.74, 6) is -1.20. The number of ether oxygens (including phenoxy) is 1. The highest BCUT2D eigenvalue weighted by Crippen LogP contribution is 2.29. The van der Waals surface area contributed by atoms with E-state index in [1.807, 2.05) is 0 Å². The van der Waals surface area contributed by atoms with Crippen LogP contribution in [0.1, 0.15) is 22.0 Å². The van der Waals surface area contributed by atoms with Crippen LogP contribution < -0.4 is 10.2 Å². The maximum absolute atomic E-state index is 12.9. The molecule has 28 heavy (non-hydrogen) atoms. The summed E-state index contributed by atoms with van der Waals surface area (Å²) >= 11 is 0. The second-order valence-corrected chi connectivity index (χ2v) is 6.23. The molecule has 0 spiro atoms. The maximum Gasteiger partial charge on any atom is 0.451 e. The maximum atomic E-state index is 12.9. The molecule has 0 fully saturated rings. The zero-order valence-electron chi connectivity index (χ0n) is 14.6. The highest BCUT2D eigenvalue weighted by atomic mass is 19.4. The Morgan fingerprint density at radius 3 is 2.75 bits per heavy atom. The number of hydrogen-bond donors (Lipinski definition) is 1. The molecule has 2 aromatic heterocycles. The number of para-hydroxylation sites is 1. The zero-order chi connectivity index (χ0) is 20.1. The van der Waals surface area contributed by atoms with Gasteiger partial charge in [-0.05, 0) is 12.1 Å². The van der Waals surface area contributed by atoms with E-state index in [1.165, 1.54) is 18.2 Å². The molecule has 0 aliphatic carbocycles. The molecule has 3 heterocycles. The summed E-state index contributed by atoms with van der Waals surface area (Å²) in [6.45, 7) is -0.276. The van der Waals surface area contributed by atoms with Crippen molar-refractivity contribution in [1.82, 2.24) is 24.6 Å².